The Morgan fingerprint density at radius 3 is 0.885 bits per heavy atom. The summed E-state index contributed by atoms with van der Waals surface area (Å²) >= 11 is 0. The van der Waals surface area contributed by atoms with Gasteiger partial charge in [0.15, 0.2) is 0 Å². The Hall–Kier alpha value is -3.66. The fourth-order valence-electron chi connectivity index (χ4n) is 4.69. The van der Waals surface area contributed by atoms with Crippen molar-refractivity contribution >= 4 is 65.2 Å². The van der Waals surface area contributed by atoms with E-state index in [4.69, 9.17) is 0 Å². The minimum Gasteiger partial charge on any atom is -0.359 e. The molecule has 0 aliphatic carbocycles. The van der Waals surface area contributed by atoms with Crippen LogP contribution in [0, 0.1) is 0 Å². The molecule has 0 bridgehead atoms. The van der Waals surface area contributed by atoms with Gasteiger partial charge in [-0.1, -0.05) is 0 Å². The number of nitrogens with one attached hydrogen (secondary N) is 4. The van der Waals surface area contributed by atoms with E-state index in [-0.39, 0.29) is 0 Å². The van der Waals surface area contributed by atoms with Gasteiger partial charge in [0.25, 0.3) is 0 Å². The Kier molecular flexibility index (Phi) is 2.00. The van der Waals surface area contributed by atoms with Crippen LogP contribution in [-0.2, 0) is 0 Å². The van der Waals surface area contributed by atoms with E-state index in [1.807, 2.05) is 24.8 Å². The van der Waals surface area contributed by atoms with Gasteiger partial charge in [-0.15, -0.1) is 0 Å². The molecule has 4 heterocycles. The standard InChI is InChI=1S/C22H14N4/c1-5-23-19-11(1)15-9-17-13-3-7-25-21(13)22-14(4-8-26-22)18(17)10-16(15)12-2-6-24-20(12)19/h1-10,23-26H. The van der Waals surface area contributed by atoms with Crippen LogP contribution in [-0.4, -0.2) is 19.9 Å². The van der Waals surface area contributed by atoms with E-state index in [0.29, 0.717) is 0 Å². The highest BCUT2D eigenvalue weighted by Crippen LogP contribution is 2.40. The summed E-state index contributed by atoms with van der Waals surface area (Å²) in [6, 6.07) is 13.4. The van der Waals surface area contributed by atoms with Gasteiger partial charge in [-0.2, -0.15) is 0 Å². The van der Waals surface area contributed by atoms with Crippen LogP contribution in [0.3, 0.4) is 0 Å². The summed E-state index contributed by atoms with van der Waals surface area (Å²) in [5, 5.41) is 10.2. The van der Waals surface area contributed by atoms with Gasteiger partial charge in [-0.25, -0.2) is 0 Å². The average Bonchev–Trinajstić information content (AvgIpc) is 3.46. The molecule has 4 aromatic heterocycles. The molecule has 26 heavy (non-hydrogen) atoms. The first-order valence-corrected chi connectivity index (χ1v) is 8.80. The molecule has 0 aliphatic heterocycles. The molecule has 7 aromatic rings. The summed E-state index contributed by atoms with van der Waals surface area (Å²) < 4.78 is 0. The topological polar surface area (TPSA) is 63.2 Å². The zero-order valence-electron chi connectivity index (χ0n) is 13.8. The van der Waals surface area contributed by atoms with Gasteiger partial charge >= 0.3 is 0 Å². The van der Waals surface area contributed by atoms with Crippen molar-refractivity contribution in [2.24, 2.45) is 0 Å². The van der Waals surface area contributed by atoms with Crippen LogP contribution in [0.25, 0.3) is 65.2 Å². The maximum absolute atomic E-state index is 3.40. The average molecular weight is 334 g/mol. The van der Waals surface area contributed by atoms with Gasteiger partial charge in [-0.3, -0.25) is 0 Å². The predicted molar refractivity (Wildman–Crippen MR) is 109 cm³/mol. The van der Waals surface area contributed by atoms with E-state index in [1.54, 1.807) is 0 Å². The fraction of sp³-hybridized carbons (Fsp3) is 0. The van der Waals surface area contributed by atoms with Gasteiger partial charge in [0.2, 0.25) is 0 Å². The Morgan fingerprint density at radius 1 is 0.346 bits per heavy atom. The van der Waals surface area contributed by atoms with Crippen LogP contribution in [0.2, 0.25) is 0 Å². The molecule has 0 unspecified atom stereocenters. The molecular formula is C22H14N4. The number of rotatable bonds is 0. The monoisotopic (exact) mass is 334 g/mol. The molecule has 0 saturated heterocycles. The first kappa shape index (κ1) is 12.7. The van der Waals surface area contributed by atoms with Gasteiger partial charge in [0, 0.05) is 46.3 Å². The second-order valence-corrected chi connectivity index (χ2v) is 7.01. The Bertz CT molecular complexity index is 1390. The molecule has 0 radical (unpaired) electrons. The highest BCUT2D eigenvalue weighted by atomic mass is 14.8. The quantitative estimate of drug-likeness (QED) is 0.249. The van der Waals surface area contributed by atoms with Crippen molar-refractivity contribution in [2.45, 2.75) is 0 Å². The van der Waals surface area contributed by atoms with Crippen molar-refractivity contribution in [1.29, 1.82) is 0 Å². The number of fused-ring (bicyclic) bond motifs is 12. The summed E-state index contributed by atoms with van der Waals surface area (Å²) in [5.41, 5.74) is 4.68. The van der Waals surface area contributed by atoms with Crippen molar-refractivity contribution in [3.05, 3.63) is 61.2 Å². The van der Waals surface area contributed by atoms with Crippen LogP contribution < -0.4 is 0 Å². The third-order valence-electron chi connectivity index (χ3n) is 5.81. The molecule has 4 N–H and O–H groups in total. The van der Waals surface area contributed by atoms with Crippen molar-refractivity contribution in [3.8, 4) is 0 Å². The van der Waals surface area contributed by atoms with Gasteiger partial charge in [0.1, 0.15) is 0 Å². The smallest absolute Gasteiger partial charge is 0.0705 e. The number of aromatic amines is 4. The lowest BCUT2D eigenvalue weighted by Crippen LogP contribution is -1.84. The Balaban J connectivity index is 1.88. The van der Waals surface area contributed by atoms with E-state index in [2.05, 4.69) is 56.3 Å². The molecule has 0 aliphatic rings. The predicted octanol–water partition coefficient (Wildman–Crippen LogP) is 5.92. The highest BCUT2D eigenvalue weighted by Gasteiger charge is 2.15. The van der Waals surface area contributed by atoms with Crippen LogP contribution in [0.5, 0.6) is 0 Å². The van der Waals surface area contributed by atoms with Crippen LogP contribution in [0.1, 0.15) is 0 Å². The van der Waals surface area contributed by atoms with Gasteiger partial charge in [-0.05, 0) is 57.9 Å². The van der Waals surface area contributed by atoms with E-state index < -0.39 is 0 Å². The minimum atomic E-state index is 1.17. The first-order chi connectivity index (χ1) is 12.9. The number of aromatic nitrogens is 4. The zero-order chi connectivity index (χ0) is 16.8. The molecule has 4 nitrogen and oxygen atoms in total. The number of hydrogen-bond acceptors (Lipinski definition) is 0. The van der Waals surface area contributed by atoms with Crippen molar-refractivity contribution < 1.29 is 0 Å². The molecule has 3 aromatic carbocycles. The SMILES string of the molecule is c1cc2c3cc4c(cc3c3cc[nH]c3c2[nH]1)c1cc[nH]c1c1[nH]ccc41. The van der Waals surface area contributed by atoms with Gasteiger partial charge in [0.05, 0.1) is 22.1 Å². The zero-order valence-corrected chi connectivity index (χ0v) is 13.8. The lowest BCUT2D eigenvalue weighted by atomic mass is 9.95. The molecule has 7 rings (SSSR count). The molecular weight excluding hydrogens is 320 g/mol. The summed E-state index contributed by atoms with van der Waals surface area (Å²) in [5.74, 6) is 0. The lowest BCUT2D eigenvalue weighted by Gasteiger charge is -2.09. The third kappa shape index (κ3) is 1.31. The van der Waals surface area contributed by atoms with E-state index in [1.165, 1.54) is 65.2 Å². The maximum Gasteiger partial charge on any atom is 0.0705 e. The van der Waals surface area contributed by atoms with Crippen molar-refractivity contribution in [1.82, 2.24) is 19.9 Å². The van der Waals surface area contributed by atoms with E-state index in [9.17, 15) is 0 Å². The second-order valence-electron chi connectivity index (χ2n) is 7.01. The molecule has 0 atom stereocenters. The fourth-order valence-corrected chi connectivity index (χ4v) is 4.69. The number of H-pyrrole nitrogens is 4. The highest BCUT2D eigenvalue weighted by molar-refractivity contribution is 6.31. The summed E-state index contributed by atoms with van der Waals surface area (Å²) in [6.07, 6.45) is 8.09. The lowest BCUT2D eigenvalue weighted by molar-refractivity contribution is 1.44. The molecule has 0 fully saturated rings. The van der Waals surface area contributed by atoms with Crippen LogP contribution in [0.15, 0.2) is 61.2 Å². The molecule has 0 amide bonds. The molecule has 0 spiro atoms. The van der Waals surface area contributed by atoms with E-state index in [0.717, 1.165) is 0 Å². The van der Waals surface area contributed by atoms with Gasteiger partial charge < -0.3 is 19.9 Å². The molecule has 0 saturated carbocycles. The molecule has 122 valence electrons. The molecule has 4 heteroatoms. The Labute approximate surface area is 146 Å². The Morgan fingerprint density at radius 2 is 0.615 bits per heavy atom. The van der Waals surface area contributed by atoms with Crippen LogP contribution in [0.4, 0.5) is 0 Å². The maximum atomic E-state index is 3.40. The first-order valence-electron chi connectivity index (χ1n) is 8.80. The van der Waals surface area contributed by atoms with E-state index >= 15 is 0 Å². The third-order valence-corrected chi connectivity index (χ3v) is 5.81. The summed E-state index contributed by atoms with van der Waals surface area (Å²) in [7, 11) is 0. The second kappa shape index (κ2) is 4.11. The van der Waals surface area contributed by atoms with Crippen LogP contribution >= 0.6 is 0 Å². The van der Waals surface area contributed by atoms with Crippen molar-refractivity contribution in [3.63, 3.8) is 0 Å². The normalized spacial score (nSPS) is 12.6. The number of benzene rings is 3. The minimum absolute atomic E-state index is 1.17. The largest absolute Gasteiger partial charge is 0.359 e. The van der Waals surface area contributed by atoms with Crippen molar-refractivity contribution in [2.75, 3.05) is 0 Å². The summed E-state index contributed by atoms with van der Waals surface area (Å²) in [6.45, 7) is 0. The summed E-state index contributed by atoms with van der Waals surface area (Å²) in [4.78, 5) is 13.6. The number of hydrogen-bond donors (Lipinski definition) is 4.